The molecule has 0 saturated heterocycles. The van der Waals surface area contributed by atoms with Crippen LogP contribution < -0.4 is 10.2 Å². The average Bonchev–Trinajstić information content (AvgIpc) is 2.95. The first-order valence-electron chi connectivity index (χ1n) is 8.03. The zero-order valence-corrected chi connectivity index (χ0v) is 13.4. The molecule has 0 aromatic carbocycles. The molecular weight excluding hydrogens is 248 g/mol. The summed E-state index contributed by atoms with van der Waals surface area (Å²) in [7, 11) is 0. The molecule has 4 heteroatoms. The van der Waals surface area contributed by atoms with Crippen LogP contribution in [0.25, 0.3) is 0 Å². The average molecular weight is 276 g/mol. The highest BCUT2D eigenvalue weighted by Crippen LogP contribution is 2.31. The van der Waals surface area contributed by atoms with Crippen molar-refractivity contribution in [3.05, 3.63) is 11.4 Å². The second-order valence-corrected chi connectivity index (χ2v) is 5.72. The Bertz CT molecular complexity index is 438. The molecule has 0 unspecified atom stereocenters. The molecule has 0 amide bonds. The molecule has 1 heterocycles. The minimum Gasteiger partial charge on any atom is -0.370 e. The number of nitrogens with one attached hydrogen (secondary N) is 1. The highest BCUT2D eigenvalue weighted by atomic mass is 15.2. The summed E-state index contributed by atoms with van der Waals surface area (Å²) in [4.78, 5) is 11.8. The van der Waals surface area contributed by atoms with Crippen molar-refractivity contribution < 1.29 is 0 Å². The quantitative estimate of drug-likeness (QED) is 0.860. The van der Waals surface area contributed by atoms with Gasteiger partial charge < -0.3 is 10.2 Å². The number of hydrogen-bond donors (Lipinski definition) is 1. The lowest BCUT2D eigenvalue weighted by molar-refractivity contribution is 0.610. The van der Waals surface area contributed by atoms with Crippen LogP contribution in [-0.4, -0.2) is 29.1 Å². The van der Waals surface area contributed by atoms with Gasteiger partial charge in [0.2, 0.25) is 0 Å². The number of hydrogen-bond acceptors (Lipinski definition) is 4. The van der Waals surface area contributed by atoms with Gasteiger partial charge in [0.15, 0.2) is 0 Å². The fraction of sp³-hybridized carbons (Fsp3) is 0.750. The van der Waals surface area contributed by atoms with Gasteiger partial charge in [0, 0.05) is 24.7 Å². The molecule has 1 aromatic rings. The van der Waals surface area contributed by atoms with Gasteiger partial charge in [-0.25, -0.2) is 9.97 Å². The third-order valence-electron chi connectivity index (χ3n) is 4.15. The summed E-state index contributed by atoms with van der Waals surface area (Å²) in [5.74, 6) is 3.00. The predicted octanol–water partition coefficient (Wildman–Crippen LogP) is 3.68. The summed E-state index contributed by atoms with van der Waals surface area (Å²) in [5.41, 5.74) is 1.19. The molecule has 1 aliphatic rings. The maximum Gasteiger partial charge on any atom is 0.137 e. The molecule has 0 aliphatic heterocycles. The summed E-state index contributed by atoms with van der Waals surface area (Å²) < 4.78 is 0. The minimum absolute atomic E-state index is 0.659. The maximum atomic E-state index is 4.73. The van der Waals surface area contributed by atoms with Gasteiger partial charge in [0.25, 0.3) is 0 Å². The Morgan fingerprint density at radius 1 is 1.15 bits per heavy atom. The Morgan fingerprint density at radius 3 is 2.45 bits per heavy atom. The summed E-state index contributed by atoms with van der Waals surface area (Å²) in [5, 5.41) is 3.44. The van der Waals surface area contributed by atoms with E-state index in [1.165, 1.54) is 31.2 Å². The van der Waals surface area contributed by atoms with E-state index in [4.69, 9.17) is 4.98 Å². The Kier molecular flexibility index (Phi) is 5.21. The van der Waals surface area contributed by atoms with Gasteiger partial charge in [-0.3, -0.25) is 0 Å². The number of aryl methyl sites for hydroxylation is 1. The standard InChI is InChI=1S/C16H28N4/c1-5-11-17-15-12(3)16(19-13(4)18-15)20(6-2)14-9-7-8-10-14/h14H,5-11H2,1-4H3,(H,17,18,19). The molecule has 0 radical (unpaired) electrons. The lowest BCUT2D eigenvalue weighted by atomic mass is 10.2. The van der Waals surface area contributed by atoms with Crippen molar-refractivity contribution >= 4 is 11.6 Å². The molecule has 1 fully saturated rings. The second-order valence-electron chi connectivity index (χ2n) is 5.72. The van der Waals surface area contributed by atoms with E-state index < -0.39 is 0 Å². The van der Waals surface area contributed by atoms with Crippen LogP contribution in [0, 0.1) is 13.8 Å². The van der Waals surface area contributed by atoms with Crippen molar-refractivity contribution in [3.63, 3.8) is 0 Å². The summed E-state index contributed by atoms with van der Waals surface area (Å²) in [6, 6.07) is 0.659. The van der Waals surface area contributed by atoms with Crippen LogP contribution in [0.2, 0.25) is 0 Å². The smallest absolute Gasteiger partial charge is 0.137 e. The monoisotopic (exact) mass is 276 g/mol. The fourth-order valence-electron chi connectivity index (χ4n) is 3.11. The van der Waals surface area contributed by atoms with E-state index in [2.05, 4.69) is 36.0 Å². The second kappa shape index (κ2) is 6.91. The molecule has 0 spiro atoms. The van der Waals surface area contributed by atoms with Crippen molar-refractivity contribution in [3.8, 4) is 0 Å². The van der Waals surface area contributed by atoms with Crippen LogP contribution in [0.4, 0.5) is 11.6 Å². The molecule has 1 saturated carbocycles. The molecule has 20 heavy (non-hydrogen) atoms. The van der Waals surface area contributed by atoms with Crippen molar-refractivity contribution in [1.82, 2.24) is 9.97 Å². The largest absolute Gasteiger partial charge is 0.370 e. The van der Waals surface area contributed by atoms with Crippen LogP contribution in [0.3, 0.4) is 0 Å². The van der Waals surface area contributed by atoms with Gasteiger partial charge in [-0.05, 0) is 40.0 Å². The molecule has 0 bridgehead atoms. The maximum absolute atomic E-state index is 4.73. The van der Waals surface area contributed by atoms with E-state index in [9.17, 15) is 0 Å². The molecule has 1 aliphatic carbocycles. The fourth-order valence-corrected chi connectivity index (χ4v) is 3.11. The number of nitrogens with zero attached hydrogens (tertiary/aromatic N) is 3. The summed E-state index contributed by atoms with van der Waals surface area (Å²) >= 11 is 0. The molecule has 0 atom stereocenters. The third-order valence-corrected chi connectivity index (χ3v) is 4.15. The highest BCUT2D eigenvalue weighted by molar-refractivity contribution is 5.59. The van der Waals surface area contributed by atoms with Crippen molar-refractivity contribution in [1.29, 1.82) is 0 Å². The SMILES string of the molecule is CCCNc1nc(C)nc(N(CC)C2CCCC2)c1C. The lowest BCUT2D eigenvalue weighted by Crippen LogP contribution is -2.34. The lowest BCUT2D eigenvalue weighted by Gasteiger charge is -2.30. The van der Waals surface area contributed by atoms with Crippen LogP contribution >= 0.6 is 0 Å². The first-order chi connectivity index (χ1) is 9.67. The van der Waals surface area contributed by atoms with Gasteiger partial charge >= 0.3 is 0 Å². The van der Waals surface area contributed by atoms with Crippen LogP contribution in [0.1, 0.15) is 57.3 Å². The minimum atomic E-state index is 0.659. The Balaban J connectivity index is 2.30. The Hall–Kier alpha value is -1.32. The number of anilines is 2. The van der Waals surface area contributed by atoms with Crippen LogP contribution in [-0.2, 0) is 0 Å². The van der Waals surface area contributed by atoms with E-state index in [0.29, 0.717) is 6.04 Å². The Morgan fingerprint density at radius 2 is 1.85 bits per heavy atom. The zero-order valence-electron chi connectivity index (χ0n) is 13.4. The van der Waals surface area contributed by atoms with Gasteiger partial charge in [0.1, 0.15) is 17.5 Å². The van der Waals surface area contributed by atoms with Gasteiger partial charge in [-0.15, -0.1) is 0 Å². The van der Waals surface area contributed by atoms with Crippen LogP contribution in [0.5, 0.6) is 0 Å². The third kappa shape index (κ3) is 3.22. The molecular formula is C16H28N4. The molecule has 112 valence electrons. The number of rotatable bonds is 6. The van der Waals surface area contributed by atoms with E-state index in [-0.39, 0.29) is 0 Å². The van der Waals surface area contributed by atoms with Crippen molar-refractivity contribution in [2.45, 2.75) is 65.8 Å². The van der Waals surface area contributed by atoms with Gasteiger partial charge in [-0.2, -0.15) is 0 Å². The zero-order chi connectivity index (χ0) is 14.5. The first-order valence-corrected chi connectivity index (χ1v) is 8.03. The van der Waals surface area contributed by atoms with Crippen LogP contribution in [0.15, 0.2) is 0 Å². The topological polar surface area (TPSA) is 41.1 Å². The normalized spacial score (nSPS) is 15.6. The van der Waals surface area contributed by atoms with Gasteiger partial charge in [-0.1, -0.05) is 19.8 Å². The van der Waals surface area contributed by atoms with E-state index in [0.717, 1.165) is 37.0 Å². The van der Waals surface area contributed by atoms with E-state index in [1.807, 2.05) is 6.92 Å². The van der Waals surface area contributed by atoms with Crippen molar-refractivity contribution in [2.24, 2.45) is 0 Å². The predicted molar refractivity (Wildman–Crippen MR) is 85.6 cm³/mol. The molecule has 1 N–H and O–H groups in total. The van der Waals surface area contributed by atoms with E-state index >= 15 is 0 Å². The summed E-state index contributed by atoms with van der Waals surface area (Å²) in [6.07, 6.45) is 6.41. The number of aromatic nitrogens is 2. The Labute approximate surface area is 123 Å². The first kappa shape index (κ1) is 15.1. The van der Waals surface area contributed by atoms with Gasteiger partial charge in [0.05, 0.1) is 0 Å². The molecule has 4 nitrogen and oxygen atoms in total. The highest BCUT2D eigenvalue weighted by Gasteiger charge is 2.25. The summed E-state index contributed by atoms with van der Waals surface area (Å²) in [6.45, 7) is 10.5. The molecule has 2 rings (SSSR count). The molecule has 1 aromatic heterocycles. The van der Waals surface area contributed by atoms with Crippen molar-refractivity contribution in [2.75, 3.05) is 23.3 Å². The van der Waals surface area contributed by atoms with E-state index in [1.54, 1.807) is 0 Å².